The molecule has 0 spiro atoms. The van der Waals surface area contributed by atoms with Crippen molar-refractivity contribution in [1.29, 1.82) is 0 Å². The van der Waals surface area contributed by atoms with Gasteiger partial charge in [-0.05, 0) is 74.6 Å². The van der Waals surface area contributed by atoms with Crippen molar-refractivity contribution in [3.05, 3.63) is 54.1 Å². The smallest absolute Gasteiger partial charge is 0.262 e. The summed E-state index contributed by atoms with van der Waals surface area (Å²) < 4.78 is 5.55. The Kier molecular flexibility index (Phi) is 7.06. The SMILES string of the molecule is CC(=O)CCc1ccc(OCC(=O)Nc2ccc(N3CCCCC3)cc2)cc1. The summed E-state index contributed by atoms with van der Waals surface area (Å²) in [6.07, 6.45) is 5.07. The maximum absolute atomic E-state index is 12.1. The lowest BCUT2D eigenvalue weighted by molar-refractivity contribution is -0.118. The number of carbonyl (C=O) groups is 2. The van der Waals surface area contributed by atoms with Gasteiger partial charge >= 0.3 is 0 Å². The van der Waals surface area contributed by atoms with Gasteiger partial charge in [-0.15, -0.1) is 0 Å². The summed E-state index contributed by atoms with van der Waals surface area (Å²) in [6, 6.07) is 15.5. The van der Waals surface area contributed by atoms with Gasteiger partial charge in [0.25, 0.3) is 5.91 Å². The van der Waals surface area contributed by atoms with Crippen molar-refractivity contribution in [2.45, 2.75) is 39.0 Å². The van der Waals surface area contributed by atoms with E-state index in [-0.39, 0.29) is 18.3 Å². The van der Waals surface area contributed by atoms with E-state index in [4.69, 9.17) is 4.74 Å². The summed E-state index contributed by atoms with van der Waals surface area (Å²) in [4.78, 5) is 25.6. The molecule has 3 rings (SSSR count). The van der Waals surface area contributed by atoms with Crippen LogP contribution in [0.1, 0.15) is 38.2 Å². The highest BCUT2D eigenvalue weighted by Gasteiger charge is 2.11. The van der Waals surface area contributed by atoms with E-state index in [2.05, 4.69) is 22.3 Å². The van der Waals surface area contributed by atoms with Gasteiger partial charge in [-0.25, -0.2) is 0 Å². The van der Waals surface area contributed by atoms with Gasteiger partial charge in [-0.3, -0.25) is 4.79 Å². The Morgan fingerprint density at radius 2 is 1.64 bits per heavy atom. The molecule has 1 heterocycles. The number of ether oxygens (including phenoxy) is 1. The maximum Gasteiger partial charge on any atom is 0.262 e. The van der Waals surface area contributed by atoms with Crippen LogP contribution >= 0.6 is 0 Å². The molecule has 1 amide bonds. The number of hydrogen-bond acceptors (Lipinski definition) is 4. The molecule has 5 heteroatoms. The van der Waals surface area contributed by atoms with Gasteiger partial charge in [0.15, 0.2) is 6.61 Å². The van der Waals surface area contributed by atoms with Crippen molar-refractivity contribution in [3.8, 4) is 5.75 Å². The molecule has 0 aliphatic carbocycles. The third kappa shape index (κ3) is 6.12. The van der Waals surface area contributed by atoms with E-state index in [1.807, 2.05) is 36.4 Å². The molecule has 5 nitrogen and oxygen atoms in total. The average Bonchev–Trinajstić information content (AvgIpc) is 2.73. The molecule has 148 valence electrons. The largest absolute Gasteiger partial charge is 0.484 e. The molecule has 1 aliphatic rings. The fourth-order valence-electron chi connectivity index (χ4n) is 3.33. The van der Waals surface area contributed by atoms with Crippen LogP contribution in [0.4, 0.5) is 11.4 Å². The Labute approximate surface area is 166 Å². The number of carbonyl (C=O) groups excluding carboxylic acids is 2. The molecule has 0 bridgehead atoms. The molecule has 1 aliphatic heterocycles. The molecule has 1 N–H and O–H groups in total. The van der Waals surface area contributed by atoms with Crippen molar-refractivity contribution in [3.63, 3.8) is 0 Å². The molecular formula is C23H28N2O3. The Balaban J connectivity index is 1.44. The Morgan fingerprint density at radius 1 is 0.964 bits per heavy atom. The van der Waals surface area contributed by atoms with Gasteiger partial charge in [-0.1, -0.05) is 12.1 Å². The molecule has 0 aromatic heterocycles. The van der Waals surface area contributed by atoms with Crippen molar-refractivity contribution >= 4 is 23.1 Å². The number of piperidine rings is 1. The highest BCUT2D eigenvalue weighted by molar-refractivity contribution is 5.92. The molecule has 2 aromatic carbocycles. The van der Waals surface area contributed by atoms with E-state index in [0.717, 1.165) is 30.8 Å². The molecule has 28 heavy (non-hydrogen) atoms. The second-order valence-corrected chi connectivity index (χ2v) is 7.28. The average molecular weight is 380 g/mol. The number of hydrogen-bond donors (Lipinski definition) is 1. The van der Waals surface area contributed by atoms with Crippen LogP contribution in [0.3, 0.4) is 0 Å². The summed E-state index contributed by atoms with van der Waals surface area (Å²) in [5, 5.41) is 2.87. The van der Waals surface area contributed by atoms with Gasteiger partial charge in [0.1, 0.15) is 11.5 Å². The molecule has 0 radical (unpaired) electrons. The second kappa shape index (κ2) is 9.93. The minimum Gasteiger partial charge on any atom is -0.484 e. The molecule has 1 fully saturated rings. The predicted octanol–water partition coefficient (Wildman–Crippen LogP) is 4.22. The number of benzene rings is 2. The normalized spacial score (nSPS) is 13.8. The quantitative estimate of drug-likeness (QED) is 0.745. The topological polar surface area (TPSA) is 58.6 Å². The molecule has 0 unspecified atom stereocenters. The lowest BCUT2D eigenvalue weighted by Crippen LogP contribution is -2.29. The zero-order valence-electron chi connectivity index (χ0n) is 16.4. The first kappa shape index (κ1) is 19.9. The minimum atomic E-state index is -0.189. The van der Waals surface area contributed by atoms with Gasteiger partial charge in [0.05, 0.1) is 0 Å². The number of ketones is 1. The van der Waals surface area contributed by atoms with E-state index in [1.54, 1.807) is 6.92 Å². The Hall–Kier alpha value is -2.82. The van der Waals surface area contributed by atoms with Gasteiger partial charge in [0.2, 0.25) is 0 Å². The fraction of sp³-hybridized carbons (Fsp3) is 0.391. The maximum atomic E-state index is 12.1. The van der Waals surface area contributed by atoms with Crippen LogP contribution in [0, 0.1) is 0 Å². The first-order valence-corrected chi connectivity index (χ1v) is 9.96. The molecule has 1 saturated heterocycles. The highest BCUT2D eigenvalue weighted by Crippen LogP contribution is 2.22. The van der Waals surface area contributed by atoms with Crippen LogP contribution in [0.2, 0.25) is 0 Å². The zero-order chi connectivity index (χ0) is 19.8. The first-order valence-electron chi connectivity index (χ1n) is 9.96. The number of amides is 1. The van der Waals surface area contributed by atoms with Crippen LogP contribution in [-0.2, 0) is 16.0 Å². The van der Waals surface area contributed by atoms with Crippen molar-refractivity contribution in [2.75, 3.05) is 29.9 Å². The van der Waals surface area contributed by atoms with Crippen LogP contribution in [0.15, 0.2) is 48.5 Å². The number of nitrogens with zero attached hydrogens (tertiary/aromatic N) is 1. The lowest BCUT2D eigenvalue weighted by atomic mass is 10.1. The van der Waals surface area contributed by atoms with Crippen molar-refractivity contribution in [1.82, 2.24) is 0 Å². The number of rotatable bonds is 8. The Morgan fingerprint density at radius 3 is 2.29 bits per heavy atom. The van der Waals surface area contributed by atoms with Crippen molar-refractivity contribution < 1.29 is 14.3 Å². The summed E-state index contributed by atoms with van der Waals surface area (Å²) >= 11 is 0. The third-order valence-corrected chi connectivity index (χ3v) is 4.93. The third-order valence-electron chi connectivity index (χ3n) is 4.93. The van der Waals surface area contributed by atoms with Gasteiger partial charge < -0.3 is 19.7 Å². The van der Waals surface area contributed by atoms with Gasteiger partial charge in [0, 0.05) is 30.9 Å². The van der Waals surface area contributed by atoms with E-state index in [0.29, 0.717) is 12.2 Å². The van der Waals surface area contributed by atoms with Crippen LogP contribution in [-0.4, -0.2) is 31.4 Å². The molecule has 0 atom stereocenters. The van der Waals surface area contributed by atoms with E-state index < -0.39 is 0 Å². The molecular weight excluding hydrogens is 352 g/mol. The summed E-state index contributed by atoms with van der Waals surface area (Å²) in [7, 11) is 0. The minimum absolute atomic E-state index is 0.0410. The lowest BCUT2D eigenvalue weighted by Gasteiger charge is -2.28. The number of aryl methyl sites for hydroxylation is 1. The van der Waals surface area contributed by atoms with Gasteiger partial charge in [-0.2, -0.15) is 0 Å². The summed E-state index contributed by atoms with van der Waals surface area (Å²) in [6.45, 7) is 3.76. The van der Waals surface area contributed by atoms with E-state index in [1.165, 1.54) is 24.9 Å². The summed E-state index contributed by atoms with van der Waals surface area (Å²) in [5.74, 6) is 0.634. The highest BCUT2D eigenvalue weighted by atomic mass is 16.5. The monoisotopic (exact) mass is 380 g/mol. The predicted molar refractivity (Wildman–Crippen MR) is 112 cm³/mol. The zero-order valence-corrected chi connectivity index (χ0v) is 16.4. The van der Waals surface area contributed by atoms with E-state index in [9.17, 15) is 9.59 Å². The number of Topliss-reactive ketones (excluding diaryl/α,β-unsaturated/α-hetero) is 1. The number of anilines is 2. The second-order valence-electron chi connectivity index (χ2n) is 7.28. The standard InChI is InChI=1S/C23H28N2O3/c1-18(26)5-6-19-7-13-22(14-8-19)28-17-23(27)24-20-9-11-21(12-10-20)25-15-3-2-4-16-25/h7-14H,2-6,15-17H2,1H3,(H,24,27). The fourth-order valence-corrected chi connectivity index (χ4v) is 3.33. The molecule has 2 aromatic rings. The van der Waals surface area contributed by atoms with Crippen LogP contribution in [0.5, 0.6) is 5.75 Å². The van der Waals surface area contributed by atoms with Crippen molar-refractivity contribution in [2.24, 2.45) is 0 Å². The van der Waals surface area contributed by atoms with E-state index >= 15 is 0 Å². The van der Waals surface area contributed by atoms with Crippen LogP contribution < -0.4 is 15.0 Å². The number of nitrogens with one attached hydrogen (secondary N) is 1. The van der Waals surface area contributed by atoms with Crippen LogP contribution in [0.25, 0.3) is 0 Å². The summed E-state index contributed by atoms with van der Waals surface area (Å²) in [5.41, 5.74) is 3.06. The molecule has 0 saturated carbocycles. The first-order chi connectivity index (χ1) is 13.6. The Bertz CT molecular complexity index is 778.